The van der Waals surface area contributed by atoms with Gasteiger partial charge in [-0.25, -0.2) is 14.4 Å². The molecule has 0 saturated heterocycles. The molecule has 2 aromatic heterocycles. The molecule has 0 aliphatic carbocycles. The van der Waals surface area contributed by atoms with Gasteiger partial charge in [0.15, 0.2) is 0 Å². The number of hydrogen-bond donors (Lipinski definition) is 0. The molecular formula is C25H18FN3S. The van der Waals surface area contributed by atoms with Crippen molar-refractivity contribution in [2.45, 2.75) is 10.8 Å². The minimum Gasteiger partial charge on any atom is -0.301 e. The maximum Gasteiger partial charge on any atom is 0.149 e. The van der Waals surface area contributed by atoms with E-state index < -0.39 is 0 Å². The highest BCUT2D eigenvalue weighted by molar-refractivity contribution is 7.98. The van der Waals surface area contributed by atoms with Gasteiger partial charge in [-0.15, -0.1) is 11.8 Å². The summed E-state index contributed by atoms with van der Waals surface area (Å²) in [4.78, 5) is 9.19. The van der Waals surface area contributed by atoms with Crippen LogP contribution in [0, 0.1) is 5.82 Å². The molecule has 0 saturated carbocycles. The molecule has 0 aliphatic heterocycles. The van der Waals surface area contributed by atoms with Gasteiger partial charge in [0.2, 0.25) is 0 Å². The van der Waals surface area contributed by atoms with Gasteiger partial charge in [-0.1, -0.05) is 60.7 Å². The second-order valence-corrected chi connectivity index (χ2v) is 7.87. The van der Waals surface area contributed by atoms with E-state index in [9.17, 15) is 4.39 Å². The van der Waals surface area contributed by atoms with Gasteiger partial charge in [0, 0.05) is 23.2 Å². The zero-order valence-electron chi connectivity index (χ0n) is 16.1. The van der Waals surface area contributed by atoms with Crippen LogP contribution in [0.3, 0.4) is 0 Å². The zero-order chi connectivity index (χ0) is 20.3. The van der Waals surface area contributed by atoms with E-state index >= 15 is 0 Å². The molecule has 5 heteroatoms. The molecule has 5 rings (SSSR count). The lowest BCUT2D eigenvalue weighted by atomic mass is 10.1. The van der Waals surface area contributed by atoms with Crippen LogP contribution >= 0.6 is 11.8 Å². The van der Waals surface area contributed by atoms with E-state index in [-0.39, 0.29) is 5.82 Å². The van der Waals surface area contributed by atoms with Crippen LogP contribution in [0.1, 0.15) is 5.56 Å². The first-order valence-corrected chi connectivity index (χ1v) is 10.6. The van der Waals surface area contributed by atoms with Crippen LogP contribution in [-0.2, 0) is 5.75 Å². The summed E-state index contributed by atoms with van der Waals surface area (Å²) >= 11 is 1.70. The predicted molar refractivity (Wildman–Crippen MR) is 120 cm³/mol. The average molecular weight is 412 g/mol. The predicted octanol–water partition coefficient (Wildman–Crippen LogP) is 6.52. The van der Waals surface area contributed by atoms with Gasteiger partial charge < -0.3 is 4.57 Å². The van der Waals surface area contributed by atoms with E-state index in [2.05, 4.69) is 40.4 Å². The molecule has 5 aromatic rings. The molecule has 0 fully saturated rings. The van der Waals surface area contributed by atoms with Crippen molar-refractivity contribution in [2.75, 3.05) is 0 Å². The minimum atomic E-state index is -0.257. The highest BCUT2D eigenvalue weighted by Gasteiger charge is 2.17. The number of nitrogens with zero attached hydrogens (tertiary/aromatic N) is 3. The van der Waals surface area contributed by atoms with Crippen molar-refractivity contribution in [1.82, 2.24) is 14.5 Å². The number of hydrogen-bond acceptors (Lipinski definition) is 3. The Morgan fingerprint density at radius 1 is 0.800 bits per heavy atom. The molecule has 0 unspecified atom stereocenters. The number of thioether (sulfide) groups is 1. The van der Waals surface area contributed by atoms with E-state index in [1.165, 1.54) is 17.7 Å². The summed E-state index contributed by atoms with van der Waals surface area (Å²) in [6.45, 7) is 0. The fourth-order valence-electron chi connectivity index (χ4n) is 3.50. The third kappa shape index (κ3) is 3.60. The van der Waals surface area contributed by atoms with Crippen molar-refractivity contribution in [1.29, 1.82) is 0 Å². The molecular weight excluding hydrogens is 393 g/mol. The molecule has 2 heterocycles. The van der Waals surface area contributed by atoms with E-state index in [0.717, 1.165) is 38.6 Å². The molecule has 0 radical (unpaired) electrons. The second kappa shape index (κ2) is 8.13. The fourth-order valence-corrected chi connectivity index (χ4v) is 4.47. The lowest BCUT2D eigenvalue weighted by molar-refractivity contribution is 0.627. The Morgan fingerprint density at radius 2 is 1.50 bits per heavy atom. The van der Waals surface area contributed by atoms with E-state index in [1.807, 2.05) is 41.0 Å². The summed E-state index contributed by atoms with van der Waals surface area (Å²) in [5, 5.41) is 1.94. The van der Waals surface area contributed by atoms with Gasteiger partial charge in [0.05, 0.1) is 5.39 Å². The van der Waals surface area contributed by atoms with E-state index in [0.29, 0.717) is 0 Å². The van der Waals surface area contributed by atoms with Crippen LogP contribution in [0.15, 0.2) is 102 Å². The first-order chi connectivity index (χ1) is 14.8. The Morgan fingerprint density at radius 3 is 2.23 bits per heavy atom. The standard InChI is InChI=1S/C25H18FN3S/c26-20-11-13-21(14-12-20)29-15-22(19-9-5-2-6-10-19)23-24(29)27-17-28-25(23)30-16-18-7-3-1-4-8-18/h1-15,17H,16H2. The number of halogens is 1. The SMILES string of the molecule is Fc1ccc(-n2cc(-c3ccccc3)c3c(SCc4ccccc4)ncnc32)cc1. The molecule has 0 amide bonds. The normalized spacial score (nSPS) is 11.1. The van der Waals surface area contributed by atoms with Gasteiger partial charge in [-0.2, -0.15) is 0 Å². The topological polar surface area (TPSA) is 30.7 Å². The maximum atomic E-state index is 13.5. The van der Waals surface area contributed by atoms with E-state index in [1.54, 1.807) is 30.2 Å². The molecule has 0 N–H and O–H groups in total. The molecule has 3 nitrogen and oxygen atoms in total. The van der Waals surface area contributed by atoms with Crippen LogP contribution in [0.2, 0.25) is 0 Å². The van der Waals surface area contributed by atoms with Crippen LogP contribution in [0.4, 0.5) is 4.39 Å². The molecule has 0 spiro atoms. The zero-order valence-corrected chi connectivity index (χ0v) is 16.9. The van der Waals surface area contributed by atoms with Crippen molar-refractivity contribution >= 4 is 22.8 Å². The first-order valence-electron chi connectivity index (χ1n) is 9.64. The Bertz CT molecular complexity index is 1280. The average Bonchev–Trinajstić information content (AvgIpc) is 3.20. The minimum absolute atomic E-state index is 0.257. The largest absolute Gasteiger partial charge is 0.301 e. The Hall–Kier alpha value is -3.44. The van der Waals surface area contributed by atoms with E-state index in [4.69, 9.17) is 0 Å². The molecule has 0 bridgehead atoms. The molecule has 146 valence electrons. The summed E-state index contributed by atoms with van der Waals surface area (Å²) in [6.07, 6.45) is 3.67. The van der Waals surface area contributed by atoms with Gasteiger partial charge in [0.25, 0.3) is 0 Å². The monoisotopic (exact) mass is 411 g/mol. The number of benzene rings is 3. The Balaban J connectivity index is 1.67. The lowest BCUT2D eigenvalue weighted by Gasteiger charge is -2.06. The lowest BCUT2D eigenvalue weighted by Crippen LogP contribution is -1.95. The molecule has 0 aliphatic rings. The van der Waals surface area contributed by atoms with Gasteiger partial charge in [-0.05, 0) is 35.4 Å². The number of rotatable bonds is 5. The summed E-state index contributed by atoms with van der Waals surface area (Å²) in [7, 11) is 0. The second-order valence-electron chi connectivity index (χ2n) is 6.91. The van der Waals surface area contributed by atoms with Gasteiger partial charge in [0.1, 0.15) is 22.8 Å². The number of fused-ring (bicyclic) bond motifs is 1. The smallest absolute Gasteiger partial charge is 0.149 e. The van der Waals surface area contributed by atoms with Crippen molar-refractivity contribution in [3.63, 3.8) is 0 Å². The Labute approximate surface area is 178 Å². The molecule has 0 atom stereocenters. The fraction of sp³-hybridized carbons (Fsp3) is 0.0400. The summed E-state index contributed by atoms with van der Waals surface area (Å²) < 4.78 is 15.5. The molecule has 3 aromatic carbocycles. The van der Waals surface area contributed by atoms with Gasteiger partial charge >= 0.3 is 0 Å². The number of aromatic nitrogens is 3. The first kappa shape index (κ1) is 18.6. The summed E-state index contributed by atoms with van der Waals surface area (Å²) in [6, 6.07) is 27.0. The van der Waals surface area contributed by atoms with Crippen molar-refractivity contribution in [3.8, 4) is 16.8 Å². The quantitative estimate of drug-likeness (QED) is 0.244. The third-order valence-electron chi connectivity index (χ3n) is 4.96. The van der Waals surface area contributed by atoms with Crippen molar-refractivity contribution in [3.05, 3.63) is 109 Å². The third-order valence-corrected chi connectivity index (χ3v) is 6.02. The van der Waals surface area contributed by atoms with Crippen LogP contribution < -0.4 is 0 Å². The van der Waals surface area contributed by atoms with Crippen molar-refractivity contribution < 1.29 is 4.39 Å². The summed E-state index contributed by atoms with van der Waals surface area (Å²) in [5.41, 5.74) is 5.08. The highest BCUT2D eigenvalue weighted by Crippen LogP contribution is 2.37. The van der Waals surface area contributed by atoms with Crippen molar-refractivity contribution in [2.24, 2.45) is 0 Å². The summed E-state index contributed by atoms with van der Waals surface area (Å²) in [5.74, 6) is 0.565. The van der Waals surface area contributed by atoms with Gasteiger partial charge in [-0.3, -0.25) is 0 Å². The molecule has 30 heavy (non-hydrogen) atoms. The van der Waals surface area contributed by atoms with Crippen LogP contribution in [0.5, 0.6) is 0 Å². The van der Waals surface area contributed by atoms with Crippen LogP contribution in [-0.4, -0.2) is 14.5 Å². The maximum absolute atomic E-state index is 13.5. The Kier molecular flexibility index (Phi) is 5.03. The highest BCUT2D eigenvalue weighted by atomic mass is 32.2. The van der Waals surface area contributed by atoms with Crippen LogP contribution in [0.25, 0.3) is 27.8 Å².